The molecule has 6 heteroatoms. The van der Waals surface area contributed by atoms with Crippen LogP contribution in [-0.4, -0.2) is 50.2 Å². The molecule has 1 heterocycles. The van der Waals surface area contributed by atoms with E-state index in [1.54, 1.807) is 40.5 Å². The van der Waals surface area contributed by atoms with E-state index in [2.05, 4.69) is 20.8 Å². The summed E-state index contributed by atoms with van der Waals surface area (Å²) >= 11 is 0. The minimum Gasteiger partial charge on any atom is -0.342 e. The van der Waals surface area contributed by atoms with Crippen LogP contribution in [0, 0.1) is 11.8 Å². The van der Waals surface area contributed by atoms with Crippen LogP contribution >= 0.6 is 0 Å². The Morgan fingerprint density at radius 3 is 2.24 bits per heavy atom. The van der Waals surface area contributed by atoms with Crippen molar-refractivity contribution in [2.24, 2.45) is 11.8 Å². The maximum Gasteiger partial charge on any atom is 0.253 e. The molecule has 0 aromatic heterocycles. The summed E-state index contributed by atoms with van der Waals surface area (Å²) < 4.78 is 27.3. The minimum absolute atomic E-state index is 0.0717. The highest BCUT2D eigenvalue weighted by Gasteiger charge is 2.31. The zero-order chi connectivity index (χ0) is 18.6. The Hall–Kier alpha value is -1.40. The predicted molar refractivity (Wildman–Crippen MR) is 100 cm³/mol. The minimum atomic E-state index is -3.50. The van der Waals surface area contributed by atoms with Gasteiger partial charge in [0.1, 0.15) is 0 Å². The molecule has 0 spiro atoms. The van der Waals surface area contributed by atoms with E-state index >= 15 is 0 Å². The molecule has 1 aliphatic heterocycles. The van der Waals surface area contributed by atoms with Crippen LogP contribution in [0.25, 0.3) is 0 Å². The molecule has 2 unspecified atom stereocenters. The van der Waals surface area contributed by atoms with Crippen molar-refractivity contribution >= 4 is 15.9 Å². The molecule has 0 N–H and O–H groups in total. The standard InChI is InChI=1S/C19H30N2O3S/c1-5-6-11-20(4)19(22)17-7-9-18(10-8-17)25(23,24)21-13-15(2)12-16(3)14-21/h7-10,15-16H,5-6,11-14H2,1-4H3. The summed E-state index contributed by atoms with van der Waals surface area (Å²) in [5.74, 6) is 0.663. The molecule has 0 aliphatic carbocycles. The molecular formula is C19H30N2O3S. The molecule has 1 fully saturated rings. The van der Waals surface area contributed by atoms with Gasteiger partial charge >= 0.3 is 0 Å². The quantitative estimate of drug-likeness (QED) is 0.777. The molecule has 2 atom stereocenters. The van der Waals surface area contributed by atoms with Crippen molar-refractivity contribution in [3.63, 3.8) is 0 Å². The highest BCUT2D eigenvalue weighted by Crippen LogP contribution is 2.26. The fraction of sp³-hybridized carbons (Fsp3) is 0.632. The molecule has 0 saturated carbocycles. The highest BCUT2D eigenvalue weighted by molar-refractivity contribution is 7.89. The number of benzene rings is 1. The number of rotatable bonds is 6. The molecular weight excluding hydrogens is 336 g/mol. The fourth-order valence-electron chi connectivity index (χ4n) is 3.44. The van der Waals surface area contributed by atoms with Crippen LogP contribution in [0.5, 0.6) is 0 Å². The van der Waals surface area contributed by atoms with Gasteiger partial charge in [0, 0.05) is 32.2 Å². The van der Waals surface area contributed by atoms with Crippen LogP contribution in [0.3, 0.4) is 0 Å². The number of sulfonamides is 1. The first kappa shape index (κ1) is 19.9. The van der Waals surface area contributed by atoms with E-state index in [0.717, 1.165) is 19.3 Å². The number of nitrogens with zero attached hydrogens (tertiary/aromatic N) is 2. The van der Waals surface area contributed by atoms with Crippen LogP contribution in [0.15, 0.2) is 29.2 Å². The first-order chi connectivity index (χ1) is 11.8. The average Bonchev–Trinajstić information content (AvgIpc) is 2.58. The van der Waals surface area contributed by atoms with Gasteiger partial charge < -0.3 is 4.90 Å². The normalized spacial score (nSPS) is 21.9. The van der Waals surface area contributed by atoms with Crippen molar-refractivity contribution in [1.82, 2.24) is 9.21 Å². The smallest absolute Gasteiger partial charge is 0.253 e. The largest absolute Gasteiger partial charge is 0.342 e. The summed E-state index contributed by atoms with van der Waals surface area (Å²) in [6.45, 7) is 8.09. The molecule has 1 aliphatic rings. The predicted octanol–water partition coefficient (Wildman–Crippen LogP) is 3.23. The number of hydrogen-bond acceptors (Lipinski definition) is 3. The molecule has 0 radical (unpaired) electrons. The van der Waals surface area contributed by atoms with Crippen molar-refractivity contribution < 1.29 is 13.2 Å². The number of carbonyl (C=O) groups excluding carboxylic acids is 1. The number of carbonyl (C=O) groups is 1. The molecule has 1 aromatic rings. The lowest BCUT2D eigenvalue weighted by atomic mass is 9.94. The van der Waals surface area contributed by atoms with E-state index in [0.29, 0.717) is 37.0 Å². The van der Waals surface area contributed by atoms with Gasteiger partial charge in [-0.25, -0.2) is 8.42 Å². The zero-order valence-corrected chi connectivity index (χ0v) is 16.6. The van der Waals surface area contributed by atoms with E-state index in [1.165, 1.54) is 0 Å². The highest BCUT2D eigenvalue weighted by atomic mass is 32.2. The Morgan fingerprint density at radius 1 is 1.16 bits per heavy atom. The monoisotopic (exact) mass is 366 g/mol. The molecule has 2 rings (SSSR count). The fourth-order valence-corrected chi connectivity index (χ4v) is 5.12. The molecule has 1 saturated heterocycles. The second kappa shape index (κ2) is 8.32. The third-order valence-electron chi connectivity index (χ3n) is 4.77. The second-order valence-electron chi connectivity index (χ2n) is 7.37. The maximum atomic E-state index is 12.9. The van der Waals surface area contributed by atoms with Crippen LogP contribution in [0.4, 0.5) is 0 Å². The van der Waals surface area contributed by atoms with Crippen molar-refractivity contribution in [1.29, 1.82) is 0 Å². The van der Waals surface area contributed by atoms with Crippen LogP contribution in [0.2, 0.25) is 0 Å². The Kier molecular flexibility index (Phi) is 6.63. The first-order valence-corrected chi connectivity index (χ1v) is 10.5. The Labute approximate surface area is 152 Å². The Balaban J connectivity index is 2.14. The van der Waals surface area contributed by atoms with E-state index in [1.807, 2.05) is 0 Å². The van der Waals surface area contributed by atoms with Crippen molar-refractivity contribution in [2.45, 2.75) is 44.9 Å². The second-order valence-corrected chi connectivity index (χ2v) is 9.31. The van der Waals surface area contributed by atoms with Crippen molar-refractivity contribution in [2.75, 3.05) is 26.7 Å². The van der Waals surface area contributed by atoms with Crippen LogP contribution in [-0.2, 0) is 10.0 Å². The summed E-state index contributed by atoms with van der Waals surface area (Å²) in [6.07, 6.45) is 3.05. The van der Waals surface area contributed by atoms with Gasteiger partial charge in [0.15, 0.2) is 0 Å². The van der Waals surface area contributed by atoms with Gasteiger partial charge in [-0.05, 0) is 48.9 Å². The lowest BCUT2D eigenvalue weighted by Gasteiger charge is -2.34. The topological polar surface area (TPSA) is 57.7 Å². The molecule has 1 amide bonds. The molecule has 0 bridgehead atoms. The molecule has 140 valence electrons. The van der Waals surface area contributed by atoms with E-state index in [-0.39, 0.29) is 10.8 Å². The van der Waals surface area contributed by atoms with Gasteiger partial charge in [0.05, 0.1) is 4.90 Å². The summed E-state index contributed by atoms with van der Waals surface area (Å²) in [6, 6.07) is 6.35. The zero-order valence-electron chi connectivity index (χ0n) is 15.7. The summed E-state index contributed by atoms with van der Waals surface area (Å²) in [5, 5.41) is 0. The first-order valence-electron chi connectivity index (χ1n) is 9.11. The van der Waals surface area contributed by atoms with Crippen LogP contribution in [0.1, 0.15) is 50.4 Å². The van der Waals surface area contributed by atoms with Crippen molar-refractivity contribution in [3.05, 3.63) is 29.8 Å². The number of unbranched alkanes of at least 4 members (excludes halogenated alkanes) is 1. The van der Waals surface area contributed by atoms with Gasteiger partial charge in [-0.3, -0.25) is 4.79 Å². The molecule has 5 nitrogen and oxygen atoms in total. The van der Waals surface area contributed by atoms with Gasteiger partial charge in [0.25, 0.3) is 5.91 Å². The Bertz CT molecular complexity index is 675. The third-order valence-corrected chi connectivity index (χ3v) is 6.61. The lowest BCUT2D eigenvalue weighted by Crippen LogP contribution is -2.42. The number of piperidine rings is 1. The van der Waals surface area contributed by atoms with Gasteiger partial charge in [0.2, 0.25) is 10.0 Å². The number of hydrogen-bond donors (Lipinski definition) is 0. The summed E-state index contributed by atoms with van der Waals surface area (Å²) in [4.78, 5) is 14.3. The maximum absolute atomic E-state index is 12.9. The van der Waals surface area contributed by atoms with E-state index < -0.39 is 10.0 Å². The van der Waals surface area contributed by atoms with Gasteiger partial charge in [-0.15, -0.1) is 0 Å². The van der Waals surface area contributed by atoms with Crippen molar-refractivity contribution in [3.8, 4) is 0 Å². The third kappa shape index (κ3) is 4.82. The van der Waals surface area contributed by atoms with Crippen LogP contribution < -0.4 is 0 Å². The molecule has 1 aromatic carbocycles. The summed E-state index contributed by atoms with van der Waals surface area (Å²) in [7, 11) is -1.72. The van der Waals surface area contributed by atoms with Gasteiger partial charge in [-0.1, -0.05) is 27.2 Å². The van der Waals surface area contributed by atoms with E-state index in [9.17, 15) is 13.2 Å². The lowest BCUT2D eigenvalue weighted by molar-refractivity contribution is 0.0793. The SMILES string of the molecule is CCCCN(C)C(=O)c1ccc(S(=O)(=O)N2CC(C)CC(C)C2)cc1. The number of amides is 1. The van der Waals surface area contributed by atoms with E-state index in [4.69, 9.17) is 0 Å². The molecule has 25 heavy (non-hydrogen) atoms. The van der Waals surface area contributed by atoms with Gasteiger partial charge in [-0.2, -0.15) is 4.31 Å². The average molecular weight is 367 g/mol. The summed E-state index contributed by atoms with van der Waals surface area (Å²) in [5.41, 5.74) is 0.526. The Morgan fingerprint density at radius 2 is 1.72 bits per heavy atom.